The van der Waals surface area contributed by atoms with Gasteiger partial charge in [-0.3, -0.25) is 4.90 Å². The third-order valence-electron chi connectivity index (χ3n) is 4.65. The highest BCUT2D eigenvalue weighted by Gasteiger charge is 2.49. The topological polar surface area (TPSA) is 54.1 Å². The van der Waals surface area contributed by atoms with E-state index in [1.807, 2.05) is 18.2 Å². The molecule has 1 atom stereocenters. The van der Waals surface area contributed by atoms with Crippen LogP contribution >= 0.6 is 0 Å². The maximum Gasteiger partial charge on any atom is 0.169 e. The fraction of sp³-hybridized carbons (Fsp3) is 0.500. The number of nitrogens with zero attached hydrogens (tertiary/aromatic N) is 4. The smallest absolute Gasteiger partial charge is 0.169 e. The lowest BCUT2D eigenvalue weighted by Gasteiger charge is -2.50. The van der Waals surface area contributed by atoms with Crippen molar-refractivity contribution in [1.82, 2.24) is 4.90 Å². The van der Waals surface area contributed by atoms with Gasteiger partial charge in [-0.25, -0.2) is 0 Å². The molecule has 0 aliphatic carbocycles. The van der Waals surface area contributed by atoms with Crippen LogP contribution in [0.15, 0.2) is 24.3 Å². The van der Waals surface area contributed by atoms with Crippen molar-refractivity contribution in [3.8, 4) is 12.1 Å². The highest BCUT2D eigenvalue weighted by Crippen LogP contribution is 2.42. The van der Waals surface area contributed by atoms with Gasteiger partial charge in [-0.05, 0) is 18.2 Å². The fourth-order valence-corrected chi connectivity index (χ4v) is 3.45. The molecule has 4 heteroatoms. The van der Waals surface area contributed by atoms with Crippen LogP contribution in [0.1, 0.15) is 12.5 Å². The molecule has 0 saturated carbocycles. The van der Waals surface area contributed by atoms with Crippen molar-refractivity contribution >= 4 is 5.69 Å². The van der Waals surface area contributed by atoms with Crippen molar-refractivity contribution in [3.63, 3.8) is 0 Å². The monoisotopic (exact) mass is 266 g/mol. The van der Waals surface area contributed by atoms with Crippen LogP contribution in [0.5, 0.6) is 0 Å². The summed E-state index contributed by atoms with van der Waals surface area (Å²) in [6.45, 7) is 5.78. The zero-order valence-electron chi connectivity index (χ0n) is 11.7. The highest BCUT2D eigenvalue weighted by atomic mass is 15.3. The molecule has 4 nitrogen and oxygen atoms in total. The average molecular weight is 266 g/mol. The zero-order chi connectivity index (χ0) is 14.2. The summed E-state index contributed by atoms with van der Waals surface area (Å²) in [7, 11) is 0. The van der Waals surface area contributed by atoms with Gasteiger partial charge in [-0.2, -0.15) is 10.5 Å². The van der Waals surface area contributed by atoms with Crippen molar-refractivity contribution in [2.75, 3.05) is 31.1 Å². The van der Waals surface area contributed by atoms with Gasteiger partial charge in [0.05, 0.1) is 18.2 Å². The minimum Gasteiger partial charge on any atom is -0.363 e. The normalized spacial score (nSPS) is 24.1. The molecule has 0 spiro atoms. The van der Waals surface area contributed by atoms with Crippen molar-refractivity contribution in [2.45, 2.75) is 19.4 Å². The molecule has 0 N–H and O–H groups in total. The summed E-state index contributed by atoms with van der Waals surface area (Å²) in [5, 5.41) is 19.3. The number of likely N-dealkylation sites (N-methyl/N-ethyl adjacent to an activating group) is 1. The lowest BCUT2D eigenvalue weighted by Crippen LogP contribution is -2.62. The second-order valence-corrected chi connectivity index (χ2v) is 5.60. The second kappa shape index (κ2) is 4.81. The summed E-state index contributed by atoms with van der Waals surface area (Å²) in [5.41, 5.74) is 1.40. The number of anilines is 1. The summed E-state index contributed by atoms with van der Waals surface area (Å²) in [6, 6.07) is 12.8. The first-order chi connectivity index (χ1) is 9.74. The van der Waals surface area contributed by atoms with Crippen molar-refractivity contribution in [2.24, 2.45) is 5.41 Å². The molecule has 1 aromatic carbocycles. The summed E-state index contributed by atoms with van der Waals surface area (Å²) in [5.74, 6) is 0. The summed E-state index contributed by atoms with van der Waals surface area (Å²) in [6.07, 6.45) is 0.537. The Bertz CT molecular complexity index is 581. The predicted octanol–water partition coefficient (Wildman–Crippen LogP) is 1.79. The van der Waals surface area contributed by atoms with Crippen LogP contribution in [0.3, 0.4) is 0 Å². The van der Waals surface area contributed by atoms with Gasteiger partial charge in [0.15, 0.2) is 5.41 Å². The van der Waals surface area contributed by atoms with Gasteiger partial charge in [0.2, 0.25) is 0 Å². The molecule has 2 heterocycles. The van der Waals surface area contributed by atoms with Crippen LogP contribution in [0, 0.1) is 28.1 Å². The molecule has 0 radical (unpaired) electrons. The molecule has 1 saturated heterocycles. The Morgan fingerprint density at radius 3 is 2.70 bits per heavy atom. The fourth-order valence-electron chi connectivity index (χ4n) is 3.45. The largest absolute Gasteiger partial charge is 0.363 e. The molecular formula is C16H18N4. The third-order valence-corrected chi connectivity index (χ3v) is 4.65. The lowest BCUT2D eigenvalue weighted by atomic mass is 9.72. The van der Waals surface area contributed by atoms with E-state index < -0.39 is 5.41 Å². The SMILES string of the molecule is CCN1CCN2c3ccccc3CC(C#N)(C#N)[C@H]2C1. The van der Waals surface area contributed by atoms with Gasteiger partial charge in [-0.15, -0.1) is 0 Å². The third kappa shape index (κ3) is 1.77. The number of rotatable bonds is 1. The van der Waals surface area contributed by atoms with E-state index in [0.29, 0.717) is 6.42 Å². The summed E-state index contributed by atoms with van der Waals surface area (Å²) < 4.78 is 0. The molecule has 3 rings (SSSR count). The van der Waals surface area contributed by atoms with Crippen LogP contribution in [0.25, 0.3) is 0 Å². The van der Waals surface area contributed by atoms with Crippen LogP contribution in [-0.4, -0.2) is 37.1 Å². The Balaban J connectivity index is 2.08. The number of benzene rings is 1. The van der Waals surface area contributed by atoms with E-state index in [4.69, 9.17) is 0 Å². The number of hydrogen-bond donors (Lipinski definition) is 0. The van der Waals surface area contributed by atoms with E-state index in [9.17, 15) is 10.5 Å². The molecule has 20 heavy (non-hydrogen) atoms. The molecule has 1 aromatic rings. The van der Waals surface area contributed by atoms with Gasteiger partial charge in [0, 0.05) is 31.7 Å². The lowest BCUT2D eigenvalue weighted by molar-refractivity contribution is 0.185. The van der Waals surface area contributed by atoms with E-state index in [1.54, 1.807) is 0 Å². The maximum atomic E-state index is 9.65. The Morgan fingerprint density at radius 1 is 1.25 bits per heavy atom. The first kappa shape index (κ1) is 13.0. The molecular weight excluding hydrogens is 248 g/mol. The standard InChI is InChI=1S/C16H18N4/c1-2-19-7-8-20-14-6-4-3-5-13(14)9-16(11-17,12-18)15(20)10-19/h3-6,15H,2,7-10H2,1H3/t15-/m1/s1. The Labute approximate surface area is 119 Å². The zero-order valence-corrected chi connectivity index (χ0v) is 11.7. The number of nitriles is 2. The van der Waals surface area contributed by atoms with E-state index in [-0.39, 0.29) is 6.04 Å². The van der Waals surface area contributed by atoms with E-state index in [1.165, 1.54) is 5.69 Å². The van der Waals surface area contributed by atoms with Gasteiger partial charge < -0.3 is 4.90 Å². The molecule has 0 aromatic heterocycles. The van der Waals surface area contributed by atoms with Gasteiger partial charge in [0.25, 0.3) is 0 Å². The second-order valence-electron chi connectivity index (χ2n) is 5.60. The van der Waals surface area contributed by atoms with Crippen LogP contribution in [0.4, 0.5) is 5.69 Å². The highest BCUT2D eigenvalue weighted by molar-refractivity contribution is 5.60. The minimum atomic E-state index is -0.928. The molecule has 0 unspecified atom stereocenters. The molecule has 1 fully saturated rings. The predicted molar refractivity (Wildman–Crippen MR) is 77.1 cm³/mol. The molecule has 2 aliphatic rings. The van der Waals surface area contributed by atoms with Crippen molar-refractivity contribution in [3.05, 3.63) is 29.8 Å². The Morgan fingerprint density at radius 2 is 2.00 bits per heavy atom. The van der Waals surface area contributed by atoms with E-state index in [2.05, 4.69) is 34.9 Å². The molecule has 0 amide bonds. The van der Waals surface area contributed by atoms with Crippen LogP contribution in [0.2, 0.25) is 0 Å². The average Bonchev–Trinajstić information content (AvgIpc) is 2.53. The van der Waals surface area contributed by atoms with Crippen LogP contribution < -0.4 is 4.90 Å². The number of piperazine rings is 1. The van der Waals surface area contributed by atoms with E-state index in [0.717, 1.165) is 31.7 Å². The van der Waals surface area contributed by atoms with Gasteiger partial charge in [-0.1, -0.05) is 25.1 Å². The van der Waals surface area contributed by atoms with Gasteiger partial charge in [0.1, 0.15) is 0 Å². The van der Waals surface area contributed by atoms with Crippen molar-refractivity contribution < 1.29 is 0 Å². The number of fused-ring (bicyclic) bond motifs is 3. The molecule has 2 aliphatic heterocycles. The quantitative estimate of drug-likeness (QED) is 0.777. The van der Waals surface area contributed by atoms with Crippen molar-refractivity contribution in [1.29, 1.82) is 10.5 Å². The van der Waals surface area contributed by atoms with E-state index >= 15 is 0 Å². The number of para-hydroxylation sites is 1. The Hall–Kier alpha value is -2.04. The first-order valence-corrected chi connectivity index (χ1v) is 7.13. The summed E-state index contributed by atoms with van der Waals surface area (Å²) >= 11 is 0. The first-order valence-electron chi connectivity index (χ1n) is 7.13. The number of hydrogen-bond acceptors (Lipinski definition) is 4. The van der Waals surface area contributed by atoms with Gasteiger partial charge >= 0.3 is 0 Å². The summed E-state index contributed by atoms with van der Waals surface area (Å²) in [4.78, 5) is 4.61. The minimum absolute atomic E-state index is 0.0268. The Kier molecular flexibility index (Phi) is 3.12. The molecule has 102 valence electrons. The maximum absolute atomic E-state index is 9.65. The van der Waals surface area contributed by atoms with Crippen LogP contribution in [-0.2, 0) is 6.42 Å². The molecule has 0 bridgehead atoms.